The van der Waals surface area contributed by atoms with Crippen LogP contribution in [-0.2, 0) is 11.3 Å². The van der Waals surface area contributed by atoms with Crippen LogP contribution in [0, 0.1) is 0 Å². The molecular weight excluding hydrogens is 416 g/mol. The van der Waals surface area contributed by atoms with E-state index in [4.69, 9.17) is 4.98 Å². The SMILES string of the molecule is CCN(Cc1ccccc1)C(=O)CSc1nnc(-c2ccccc2)c(-c2ccccc2)n1. The van der Waals surface area contributed by atoms with Crippen LogP contribution >= 0.6 is 11.8 Å². The monoisotopic (exact) mass is 440 g/mol. The first-order valence-corrected chi connectivity index (χ1v) is 11.5. The summed E-state index contributed by atoms with van der Waals surface area (Å²) in [5.41, 5.74) is 4.53. The standard InChI is InChI=1S/C26H24N4OS/c1-2-30(18-20-12-6-3-7-13-20)23(31)19-32-26-27-24(21-14-8-4-9-15-21)25(28-29-26)22-16-10-5-11-17-22/h3-17H,2,18-19H2,1H3. The van der Waals surface area contributed by atoms with Gasteiger partial charge in [-0.05, 0) is 12.5 Å². The molecule has 3 aromatic carbocycles. The van der Waals surface area contributed by atoms with E-state index >= 15 is 0 Å². The van der Waals surface area contributed by atoms with Crippen molar-refractivity contribution in [2.45, 2.75) is 18.6 Å². The molecular formula is C26H24N4OS. The zero-order valence-corrected chi connectivity index (χ0v) is 18.7. The van der Waals surface area contributed by atoms with E-state index in [-0.39, 0.29) is 11.7 Å². The molecule has 160 valence electrons. The zero-order valence-electron chi connectivity index (χ0n) is 17.9. The second-order valence-corrected chi connectivity index (χ2v) is 8.15. The molecule has 0 aliphatic heterocycles. The summed E-state index contributed by atoms with van der Waals surface area (Å²) in [7, 11) is 0. The van der Waals surface area contributed by atoms with Crippen LogP contribution in [-0.4, -0.2) is 38.3 Å². The Labute approximate surface area is 192 Å². The van der Waals surface area contributed by atoms with Crippen LogP contribution in [0.15, 0.2) is 96.2 Å². The van der Waals surface area contributed by atoms with Crippen molar-refractivity contribution in [2.24, 2.45) is 0 Å². The van der Waals surface area contributed by atoms with Gasteiger partial charge in [0.1, 0.15) is 11.4 Å². The Bertz CT molecular complexity index is 1150. The molecule has 0 unspecified atom stereocenters. The predicted octanol–water partition coefficient (Wildman–Crippen LogP) is 5.35. The Morgan fingerprint density at radius 2 is 1.34 bits per heavy atom. The summed E-state index contributed by atoms with van der Waals surface area (Å²) < 4.78 is 0. The largest absolute Gasteiger partial charge is 0.338 e. The van der Waals surface area contributed by atoms with E-state index in [1.165, 1.54) is 11.8 Å². The first-order chi connectivity index (χ1) is 15.7. The van der Waals surface area contributed by atoms with Crippen LogP contribution in [0.1, 0.15) is 12.5 Å². The maximum Gasteiger partial charge on any atom is 0.233 e. The highest BCUT2D eigenvalue weighted by molar-refractivity contribution is 7.99. The summed E-state index contributed by atoms with van der Waals surface area (Å²) >= 11 is 1.32. The van der Waals surface area contributed by atoms with Gasteiger partial charge >= 0.3 is 0 Å². The molecule has 1 aromatic heterocycles. The number of nitrogens with zero attached hydrogens (tertiary/aromatic N) is 4. The lowest BCUT2D eigenvalue weighted by atomic mass is 10.0. The minimum absolute atomic E-state index is 0.0540. The normalized spacial score (nSPS) is 10.7. The number of thioether (sulfide) groups is 1. The van der Waals surface area contributed by atoms with Crippen molar-refractivity contribution in [2.75, 3.05) is 12.3 Å². The van der Waals surface area contributed by atoms with Gasteiger partial charge in [-0.1, -0.05) is 103 Å². The number of rotatable bonds is 8. The molecule has 4 rings (SSSR count). The highest BCUT2D eigenvalue weighted by atomic mass is 32.2. The Kier molecular flexibility index (Phi) is 7.25. The molecule has 0 fully saturated rings. The van der Waals surface area contributed by atoms with Crippen LogP contribution in [0.5, 0.6) is 0 Å². The van der Waals surface area contributed by atoms with E-state index in [1.54, 1.807) is 0 Å². The van der Waals surface area contributed by atoms with Crippen molar-refractivity contribution in [3.8, 4) is 22.5 Å². The number of benzene rings is 3. The second-order valence-electron chi connectivity index (χ2n) is 7.21. The van der Waals surface area contributed by atoms with E-state index in [1.807, 2.05) is 103 Å². The van der Waals surface area contributed by atoms with Crippen molar-refractivity contribution < 1.29 is 4.79 Å². The van der Waals surface area contributed by atoms with E-state index in [9.17, 15) is 4.79 Å². The molecule has 32 heavy (non-hydrogen) atoms. The summed E-state index contributed by atoms with van der Waals surface area (Å²) in [6, 6.07) is 29.9. The third-order valence-corrected chi connectivity index (χ3v) is 5.86. The Morgan fingerprint density at radius 1 is 0.781 bits per heavy atom. The van der Waals surface area contributed by atoms with Crippen LogP contribution in [0.4, 0.5) is 0 Å². The number of hydrogen-bond acceptors (Lipinski definition) is 5. The molecule has 0 radical (unpaired) electrons. The summed E-state index contributed by atoms with van der Waals surface area (Å²) in [5, 5.41) is 9.28. The topological polar surface area (TPSA) is 59.0 Å². The highest BCUT2D eigenvalue weighted by Gasteiger charge is 2.17. The molecule has 1 amide bonds. The van der Waals surface area contributed by atoms with Gasteiger partial charge in [-0.15, -0.1) is 10.2 Å². The van der Waals surface area contributed by atoms with Crippen molar-refractivity contribution in [1.82, 2.24) is 20.1 Å². The molecule has 0 N–H and O–H groups in total. The van der Waals surface area contributed by atoms with Gasteiger partial charge in [0, 0.05) is 24.2 Å². The molecule has 0 saturated carbocycles. The molecule has 0 saturated heterocycles. The van der Waals surface area contributed by atoms with Crippen LogP contribution in [0.2, 0.25) is 0 Å². The summed E-state index contributed by atoms with van der Waals surface area (Å²) in [4.78, 5) is 19.4. The van der Waals surface area contributed by atoms with E-state index in [0.29, 0.717) is 18.2 Å². The highest BCUT2D eigenvalue weighted by Crippen LogP contribution is 2.29. The smallest absolute Gasteiger partial charge is 0.233 e. The van der Waals surface area contributed by atoms with Gasteiger partial charge in [-0.2, -0.15) is 0 Å². The molecule has 0 spiro atoms. The average molecular weight is 441 g/mol. The maximum atomic E-state index is 12.8. The van der Waals surface area contributed by atoms with Crippen LogP contribution < -0.4 is 0 Å². The van der Waals surface area contributed by atoms with E-state index in [2.05, 4.69) is 10.2 Å². The Morgan fingerprint density at radius 3 is 1.94 bits per heavy atom. The number of carbonyl (C=O) groups excluding carboxylic acids is 1. The van der Waals surface area contributed by atoms with Crippen LogP contribution in [0.3, 0.4) is 0 Å². The number of aromatic nitrogens is 3. The van der Waals surface area contributed by atoms with Gasteiger partial charge in [-0.25, -0.2) is 4.98 Å². The first kappa shape index (κ1) is 21.7. The molecule has 0 aliphatic carbocycles. The van der Waals surface area contributed by atoms with Crippen molar-refractivity contribution in [3.63, 3.8) is 0 Å². The fourth-order valence-corrected chi connectivity index (χ4v) is 4.05. The molecule has 0 aliphatic rings. The fourth-order valence-electron chi connectivity index (χ4n) is 3.36. The van der Waals surface area contributed by atoms with Gasteiger partial charge in [0.25, 0.3) is 0 Å². The molecule has 6 heteroatoms. The zero-order chi connectivity index (χ0) is 22.2. The third-order valence-electron chi connectivity index (χ3n) is 5.04. The molecule has 5 nitrogen and oxygen atoms in total. The van der Waals surface area contributed by atoms with Gasteiger partial charge in [0.05, 0.1) is 5.75 Å². The summed E-state index contributed by atoms with van der Waals surface area (Å²) in [6.07, 6.45) is 0. The number of amides is 1. The lowest BCUT2D eigenvalue weighted by Gasteiger charge is -2.20. The van der Waals surface area contributed by atoms with Gasteiger partial charge < -0.3 is 4.90 Å². The van der Waals surface area contributed by atoms with Gasteiger partial charge in [0.15, 0.2) is 0 Å². The predicted molar refractivity (Wildman–Crippen MR) is 129 cm³/mol. The summed E-state index contributed by atoms with van der Waals surface area (Å²) in [6.45, 7) is 3.24. The summed E-state index contributed by atoms with van der Waals surface area (Å²) in [5.74, 6) is 0.319. The molecule has 1 heterocycles. The lowest BCUT2D eigenvalue weighted by Crippen LogP contribution is -2.31. The quantitative estimate of drug-likeness (QED) is 0.346. The van der Waals surface area contributed by atoms with Crippen molar-refractivity contribution in [3.05, 3.63) is 96.6 Å². The second kappa shape index (κ2) is 10.7. The third kappa shape index (κ3) is 5.39. The first-order valence-electron chi connectivity index (χ1n) is 10.5. The molecule has 0 atom stereocenters. The maximum absolute atomic E-state index is 12.8. The van der Waals surface area contributed by atoms with Crippen molar-refractivity contribution >= 4 is 17.7 Å². The molecule has 0 bridgehead atoms. The Balaban J connectivity index is 1.53. The minimum atomic E-state index is 0.0540. The van der Waals surface area contributed by atoms with Crippen molar-refractivity contribution in [1.29, 1.82) is 0 Å². The van der Waals surface area contributed by atoms with E-state index < -0.39 is 0 Å². The average Bonchev–Trinajstić information content (AvgIpc) is 2.87. The molecule has 4 aromatic rings. The number of hydrogen-bond donors (Lipinski definition) is 0. The Hall–Kier alpha value is -3.51. The van der Waals surface area contributed by atoms with E-state index in [0.717, 1.165) is 28.1 Å². The van der Waals surface area contributed by atoms with Gasteiger partial charge in [-0.3, -0.25) is 4.79 Å². The van der Waals surface area contributed by atoms with Crippen LogP contribution in [0.25, 0.3) is 22.5 Å². The minimum Gasteiger partial charge on any atom is -0.338 e. The number of carbonyl (C=O) groups is 1. The lowest BCUT2D eigenvalue weighted by molar-refractivity contribution is -0.128. The van der Waals surface area contributed by atoms with Gasteiger partial charge in [0.2, 0.25) is 11.1 Å². The fraction of sp³-hybridized carbons (Fsp3) is 0.154.